The fraction of sp³-hybridized carbons (Fsp3) is 0.263. The molecule has 0 atom stereocenters. The second-order valence-corrected chi connectivity index (χ2v) is 5.84. The number of aromatic amines is 1. The van der Waals surface area contributed by atoms with Crippen molar-refractivity contribution in [2.45, 2.75) is 13.5 Å². The van der Waals surface area contributed by atoms with E-state index >= 15 is 0 Å². The normalized spacial score (nSPS) is 10.6. The Morgan fingerprint density at radius 1 is 1.08 bits per heavy atom. The summed E-state index contributed by atoms with van der Waals surface area (Å²) in [4.78, 5) is 12.6. The number of hydrogen-bond donors (Lipinski definition) is 2. The van der Waals surface area contributed by atoms with Gasteiger partial charge in [-0.05, 0) is 36.8 Å². The molecule has 2 N–H and O–H groups in total. The Balaban J connectivity index is 1.82. The van der Waals surface area contributed by atoms with Gasteiger partial charge in [-0.15, -0.1) is 0 Å². The van der Waals surface area contributed by atoms with E-state index in [1.165, 1.54) is 0 Å². The van der Waals surface area contributed by atoms with Crippen molar-refractivity contribution in [2.24, 2.45) is 0 Å². The molecule has 0 saturated carbocycles. The minimum Gasteiger partial charge on any atom is -0.493 e. The Labute approximate surface area is 151 Å². The van der Waals surface area contributed by atoms with E-state index in [4.69, 9.17) is 14.2 Å². The van der Waals surface area contributed by atoms with Gasteiger partial charge in [-0.3, -0.25) is 9.89 Å². The molecule has 0 aliphatic heterocycles. The molecule has 3 aromatic rings. The van der Waals surface area contributed by atoms with Crippen molar-refractivity contribution >= 4 is 16.8 Å². The van der Waals surface area contributed by atoms with Gasteiger partial charge in [-0.1, -0.05) is 11.6 Å². The first-order chi connectivity index (χ1) is 12.6. The van der Waals surface area contributed by atoms with Crippen LogP contribution >= 0.6 is 0 Å². The largest absolute Gasteiger partial charge is 0.493 e. The third kappa shape index (κ3) is 3.28. The molecule has 3 rings (SSSR count). The Bertz CT molecular complexity index is 924. The van der Waals surface area contributed by atoms with Crippen molar-refractivity contribution in [2.75, 3.05) is 21.3 Å². The van der Waals surface area contributed by atoms with Crippen LogP contribution in [0.3, 0.4) is 0 Å². The highest BCUT2D eigenvalue weighted by molar-refractivity contribution is 6.04. The number of aromatic nitrogens is 2. The molecule has 0 radical (unpaired) electrons. The molecule has 0 fully saturated rings. The molecule has 0 aliphatic carbocycles. The van der Waals surface area contributed by atoms with Crippen molar-refractivity contribution < 1.29 is 19.0 Å². The van der Waals surface area contributed by atoms with Crippen LogP contribution in [0.4, 0.5) is 0 Å². The second-order valence-electron chi connectivity index (χ2n) is 5.84. The maximum absolute atomic E-state index is 12.6. The van der Waals surface area contributed by atoms with Crippen LogP contribution in [-0.2, 0) is 6.54 Å². The third-order valence-electron chi connectivity index (χ3n) is 4.11. The number of methoxy groups -OCH3 is 3. The summed E-state index contributed by atoms with van der Waals surface area (Å²) in [6.45, 7) is 2.28. The molecule has 1 amide bonds. The second kappa shape index (κ2) is 7.35. The number of rotatable bonds is 6. The number of benzene rings is 2. The number of amides is 1. The van der Waals surface area contributed by atoms with Crippen LogP contribution in [0.5, 0.6) is 17.2 Å². The highest BCUT2D eigenvalue weighted by Gasteiger charge is 2.16. The molecule has 2 aromatic carbocycles. The highest BCUT2D eigenvalue weighted by atomic mass is 16.5. The summed E-state index contributed by atoms with van der Waals surface area (Å²) in [5, 5.41) is 10.7. The van der Waals surface area contributed by atoms with E-state index in [-0.39, 0.29) is 5.91 Å². The van der Waals surface area contributed by atoms with Gasteiger partial charge in [0.2, 0.25) is 5.75 Å². The van der Waals surface area contributed by atoms with Crippen LogP contribution in [0.25, 0.3) is 10.9 Å². The number of carbonyl (C=O) groups is 1. The monoisotopic (exact) mass is 355 g/mol. The van der Waals surface area contributed by atoms with Gasteiger partial charge >= 0.3 is 0 Å². The molecule has 0 spiro atoms. The van der Waals surface area contributed by atoms with Gasteiger partial charge in [0.1, 0.15) is 0 Å². The van der Waals surface area contributed by atoms with Crippen LogP contribution in [0.15, 0.2) is 30.3 Å². The minimum absolute atomic E-state index is 0.254. The number of carbonyl (C=O) groups excluding carboxylic acids is 1. The summed E-state index contributed by atoms with van der Waals surface area (Å²) in [7, 11) is 4.65. The molecule has 0 unspecified atom stereocenters. The summed E-state index contributed by atoms with van der Waals surface area (Å²) in [5.74, 6) is 1.34. The molecule has 0 saturated heterocycles. The SMILES string of the molecule is COc1cc(CNC(=O)c2n[nH]c3ccc(C)cc23)cc(OC)c1OC. The maximum atomic E-state index is 12.6. The lowest BCUT2D eigenvalue weighted by atomic mass is 10.1. The van der Waals surface area contributed by atoms with Gasteiger partial charge in [-0.2, -0.15) is 5.10 Å². The highest BCUT2D eigenvalue weighted by Crippen LogP contribution is 2.38. The zero-order valence-corrected chi connectivity index (χ0v) is 15.2. The first-order valence-electron chi connectivity index (χ1n) is 8.09. The summed E-state index contributed by atoms with van der Waals surface area (Å²) in [6, 6.07) is 9.42. The standard InChI is InChI=1S/C19H21N3O4/c1-11-5-6-14-13(7-11)17(22-21-14)19(23)20-10-12-8-15(24-2)18(26-4)16(9-12)25-3/h5-9H,10H2,1-4H3,(H,20,23)(H,21,22). The molecule has 1 heterocycles. The summed E-state index contributed by atoms with van der Waals surface area (Å²) < 4.78 is 16.0. The number of hydrogen-bond acceptors (Lipinski definition) is 5. The number of nitrogens with one attached hydrogen (secondary N) is 2. The predicted molar refractivity (Wildman–Crippen MR) is 98.1 cm³/mol. The lowest BCUT2D eigenvalue weighted by Crippen LogP contribution is -2.23. The van der Waals surface area contributed by atoms with Crippen LogP contribution in [0.2, 0.25) is 0 Å². The zero-order chi connectivity index (χ0) is 18.7. The molecule has 0 aliphatic rings. The number of ether oxygens (including phenoxy) is 3. The van der Waals surface area contributed by atoms with Gasteiger partial charge in [0, 0.05) is 11.9 Å². The molecule has 136 valence electrons. The first-order valence-corrected chi connectivity index (χ1v) is 8.09. The minimum atomic E-state index is -0.254. The number of aryl methyl sites for hydroxylation is 1. The maximum Gasteiger partial charge on any atom is 0.272 e. The van der Waals surface area contributed by atoms with Crippen molar-refractivity contribution in [1.82, 2.24) is 15.5 Å². The average Bonchev–Trinajstić information content (AvgIpc) is 3.08. The third-order valence-corrected chi connectivity index (χ3v) is 4.11. The summed E-state index contributed by atoms with van der Waals surface area (Å²) in [6.07, 6.45) is 0. The van der Waals surface area contributed by atoms with Gasteiger partial charge in [0.25, 0.3) is 5.91 Å². The van der Waals surface area contributed by atoms with Gasteiger partial charge in [0.05, 0.1) is 26.8 Å². The van der Waals surface area contributed by atoms with Crippen molar-refractivity contribution in [1.29, 1.82) is 0 Å². The lowest BCUT2D eigenvalue weighted by Gasteiger charge is -2.14. The van der Waals surface area contributed by atoms with E-state index in [9.17, 15) is 4.79 Å². The quantitative estimate of drug-likeness (QED) is 0.710. The molecular weight excluding hydrogens is 334 g/mol. The van der Waals surface area contributed by atoms with Gasteiger partial charge in [0.15, 0.2) is 17.2 Å². The number of fused-ring (bicyclic) bond motifs is 1. The smallest absolute Gasteiger partial charge is 0.272 e. The fourth-order valence-electron chi connectivity index (χ4n) is 2.80. The Morgan fingerprint density at radius 2 is 1.77 bits per heavy atom. The van der Waals surface area contributed by atoms with Crippen LogP contribution in [0.1, 0.15) is 21.6 Å². The van der Waals surface area contributed by atoms with E-state index < -0.39 is 0 Å². The van der Waals surface area contributed by atoms with E-state index in [0.29, 0.717) is 29.5 Å². The lowest BCUT2D eigenvalue weighted by molar-refractivity contribution is 0.0947. The average molecular weight is 355 g/mol. The first kappa shape index (κ1) is 17.6. The number of H-pyrrole nitrogens is 1. The summed E-state index contributed by atoms with van der Waals surface area (Å²) >= 11 is 0. The van der Waals surface area contributed by atoms with Gasteiger partial charge in [-0.25, -0.2) is 0 Å². The Kier molecular flexibility index (Phi) is 4.97. The van der Waals surface area contributed by atoms with E-state index in [1.54, 1.807) is 33.5 Å². The Morgan fingerprint density at radius 3 is 2.38 bits per heavy atom. The van der Waals surface area contributed by atoms with Crippen molar-refractivity contribution in [3.8, 4) is 17.2 Å². The van der Waals surface area contributed by atoms with Crippen LogP contribution in [0, 0.1) is 6.92 Å². The molecule has 7 nitrogen and oxygen atoms in total. The van der Waals surface area contributed by atoms with Gasteiger partial charge < -0.3 is 19.5 Å². The molecule has 7 heteroatoms. The predicted octanol–water partition coefficient (Wildman–Crippen LogP) is 2.83. The van der Waals surface area contributed by atoms with Crippen molar-refractivity contribution in [3.05, 3.63) is 47.2 Å². The van der Waals surface area contributed by atoms with Crippen molar-refractivity contribution in [3.63, 3.8) is 0 Å². The zero-order valence-electron chi connectivity index (χ0n) is 15.2. The van der Waals surface area contributed by atoms with E-state index in [0.717, 1.165) is 22.0 Å². The van der Waals surface area contributed by atoms with E-state index in [1.807, 2.05) is 25.1 Å². The Hall–Kier alpha value is -3.22. The number of nitrogens with zero attached hydrogens (tertiary/aromatic N) is 1. The molecule has 1 aromatic heterocycles. The molecule has 0 bridgehead atoms. The van der Waals surface area contributed by atoms with Crippen LogP contribution < -0.4 is 19.5 Å². The van der Waals surface area contributed by atoms with Crippen LogP contribution in [-0.4, -0.2) is 37.4 Å². The fourth-order valence-corrected chi connectivity index (χ4v) is 2.80. The van der Waals surface area contributed by atoms with E-state index in [2.05, 4.69) is 15.5 Å². The topological polar surface area (TPSA) is 85.5 Å². The molecule has 26 heavy (non-hydrogen) atoms. The molecular formula is C19H21N3O4. The summed E-state index contributed by atoms with van der Waals surface area (Å²) in [5.41, 5.74) is 3.09.